The fraction of sp³-hybridized carbons (Fsp3) is 0. The highest BCUT2D eigenvalue weighted by molar-refractivity contribution is 5.37. The van der Waals surface area contributed by atoms with Crippen molar-refractivity contribution < 1.29 is 4.92 Å². The molecule has 1 N–H and O–H groups in total. The Morgan fingerprint density at radius 2 is 2.20 bits per heavy atom. The Morgan fingerprint density at radius 1 is 2.00 bits per heavy atom. The summed E-state index contributed by atoms with van der Waals surface area (Å²) in [6.07, 6.45) is 1.00. The monoisotopic (exact) mass is 73.0 g/mol. The average Bonchev–Trinajstić information content (AvgIpc) is 1.38. The first kappa shape index (κ1) is 4.07. The fourth-order valence-corrected chi connectivity index (χ4v) is 0. The van der Waals surface area contributed by atoms with Crippen LogP contribution in [0.25, 0.3) is 0 Å². The topological polar surface area (TPSA) is 67.0 Å². The highest BCUT2D eigenvalue weighted by Crippen LogP contribution is 1.45. The first-order valence-corrected chi connectivity index (χ1v) is 0.839. The van der Waals surface area contributed by atoms with E-state index in [-0.39, 0.29) is 0 Å². The van der Waals surface area contributed by atoms with Gasteiger partial charge >= 0.3 is 0 Å². The van der Waals surface area contributed by atoms with Crippen molar-refractivity contribution >= 4 is 6.34 Å². The van der Waals surface area contributed by atoms with Crippen molar-refractivity contribution in [3.05, 3.63) is 10.1 Å². The normalized spacial score (nSPS) is 6.40. The number of rotatable bonds is 1. The minimum Gasteiger partial charge on any atom is -0.396 e. The van der Waals surface area contributed by atoms with Gasteiger partial charge in [0.15, 0.2) is 0 Å². The summed E-state index contributed by atoms with van der Waals surface area (Å²) in [7, 11) is 0. The maximum Gasteiger partial charge on any atom is 0.00262 e. The van der Waals surface area contributed by atoms with Gasteiger partial charge in [-0.05, 0) is 0 Å². The number of nitro groups is 1. The number of hydrogen-bond donors (Lipinski definition) is 1. The van der Waals surface area contributed by atoms with E-state index in [0.717, 1.165) is 6.34 Å². The Hall–Kier alpha value is -0.930. The predicted molar refractivity (Wildman–Crippen MR) is 14.7 cm³/mol. The summed E-state index contributed by atoms with van der Waals surface area (Å²) in [5, 5.41) is 14.6. The summed E-state index contributed by atoms with van der Waals surface area (Å²) in [6, 6.07) is 0. The van der Waals surface area contributed by atoms with Crippen molar-refractivity contribution in [2.24, 2.45) is 0 Å². The third-order valence-electron chi connectivity index (χ3n) is 0.0913. The summed E-state index contributed by atoms with van der Waals surface area (Å²) in [5.41, 5.74) is 0. The van der Waals surface area contributed by atoms with Crippen LogP contribution in [0.1, 0.15) is 0 Å². The van der Waals surface area contributed by atoms with Crippen molar-refractivity contribution in [3.8, 4) is 0 Å². The van der Waals surface area contributed by atoms with E-state index in [1.807, 2.05) is 0 Å². The largest absolute Gasteiger partial charge is 0.396 e. The predicted octanol–water partition coefficient (Wildman–Crippen LogP) is -0.253. The molecule has 0 atom stereocenters. The van der Waals surface area contributed by atoms with Crippen LogP contribution in [-0.4, -0.2) is 11.3 Å². The molecule has 0 aliphatic heterocycles. The molecular weight excluding hydrogens is 72.0 g/mol. The lowest BCUT2D eigenvalue weighted by atomic mass is 11.4. The first-order chi connectivity index (χ1) is 2.27. The number of nitrogens with one attached hydrogen (secondary N) is 1. The first-order valence-electron chi connectivity index (χ1n) is 0.839. The molecule has 4 nitrogen and oxygen atoms in total. The summed E-state index contributed by atoms with van der Waals surface area (Å²) < 4.78 is 0. The molecule has 0 fully saturated rings. The van der Waals surface area contributed by atoms with Gasteiger partial charge in [-0.25, -0.2) is 4.92 Å². The van der Waals surface area contributed by atoms with Crippen molar-refractivity contribution in [2.45, 2.75) is 0 Å². The second-order valence-electron chi connectivity index (χ2n) is 0.369. The molecule has 0 saturated heterocycles. The third-order valence-corrected chi connectivity index (χ3v) is 0.0913. The summed E-state index contributed by atoms with van der Waals surface area (Å²) in [6.45, 7) is 0. The number of hydrogen-bond acceptors (Lipinski definition) is 3. The number of nitrogens with zero attached hydrogens (tertiary/aromatic N) is 1. The van der Waals surface area contributed by atoms with E-state index < -0.39 is 4.92 Å². The van der Waals surface area contributed by atoms with Crippen LogP contribution in [0.4, 0.5) is 0 Å². The second kappa shape index (κ2) is 1.40. The van der Waals surface area contributed by atoms with E-state index in [4.69, 9.17) is 15.5 Å². The molecule has 0 aromatic carbocycles. The fourth-order valence-electron chi connectivity index (χ4n) is 0. The molecule has 0 amide bonds. The summed E-state index contributed by atoms with van der Waals surface area (Å²) in [4.78, 5) is 7.92. The standard InChI is InChI=1S/CHN2O2/c2-1-3(4)5/h2H/q-1. The van der Waals surface area contributed by atoms with Crippen LogP contribution in [0.2, 0.25) is 0 Å². The van der Waals surface area contributed by atoms with Gasteiger partial charge in [-0.1, -0.05) is 0 Å². The van der Waals surface area contributed by atoms with Crippen molar-refractivity contribution in [1.29, 1.82) is 5.41 Å². The van der Waals surface area contributed by atoms with Gasteiger partial charge in [-0.15, -0.1) is 0 Å². The molecule has 0 saturated carbocycles. The van der Waals surface area contributed by atoms with Crippen LogP contribution in [0, 0.1) is 15.5 Å². The SMILES string of the molecule is N=[C-][N+](=O)[O-]. The zero-order valence-electron chi connectivity index (χ0n) is 2.26. The van der Waals surface area contributed by atoms with Crippen LogP contribution in [0.3, 0.4) is 0 Å². The van der Waals surface area contributed by atoms with Crippen LogP contribution in [0.5, 0.6) is 0 Å². The van der Waals surface area contributed by atoms with Gasteiger partial charge in [0.25, 0.3) is 0 Å². The molecule has 5 heavy (non-hydrogen) atoms. The van der Waals surface area contributed by atoms with Crippen molar-refractivity contribution in [3.63, 3.8) is 0 Å². The quantitative estimate of drug-likeness (QED) is 0.116. The minimum atomic E-state index is -0.958. The van der Waals surface area contributed by atoms with Crippen molar-refractivity contribution in [1.82, 2.24) is 0 Å². The third kappa shape index (κ3) is 3.07. The molecule has 28 valence electrons. The van der Waals surface area contributed by atoms with Gasteiger partial charge in [0.05, 0.1) is 0 Å². The molecule has 0 heterocycles. The minimum absolute atomic E-state index is 0.958. The van der Waals surface area contributed by atoms with Gasteiger partial charge < -0.3 is 15.5 Å². The van der Waals surface area contributed by atoms with Gasteiger partial charge in [0.2, 0.25) is 0 Å². The van der Waals surface area contributed by atoms with E-state index in [9.17, 15) is 0 Å². The van der Waals surface area contributed by atoms with Gasteiger partial charge in [-0.2, -0.15) is 0 Å². The highest BCUT2D eigenvalue weighted by Gasteiger charge is 1.45. The van der Waals surface area contributed by atoms with Crippen molar-refractivity contribution in [2.75, 3.05) is 0 Å². The molecule has 0 aromatic rings. The molecule has 0 aromatic heterocycles. The Balaban J connectivity index is 3.20. The zero-order chi connectivity index (χ0) is 4.28. The molecule has 0 rings (SSSR count). The molecule has 0 aliphatic rings. The zero-order valence-corrected chi connectivity index (χ0v) is 2.26. The lowest BCUT2D eigenvalue weighted by Crippen LogP contribution is -1.87. The molecule has 0 bridgehead atoms. The molecule has 0 unspecified atom stereocenters. The van der Waals surface area contributed by atoms with Gasteiger partial charge in [0, 0.05) is 6.34 Å². The van der Waals surface area contributed by atoms with E-state index in [0.29, 0.717) is 0 Å². The van der Waals surface area contributed by atoms with Crippen LogP contribution >= 0.6 is 0 Å². The Labute approximate surface area is 28.1 Å². The van der Waals surface area contributed by atoms with Gasteiger partial charge in [-0.3, -0.25) is 0 Å². The molecular formula is CHN2O2-. The molecule has 4 heteroatoms. The second-order valence-corrected chi connectivity index (χ2v) is 0.369. The Morgan fingerprint density at radius 3 is 2.20 bits per heavy atom. The maximum atomic E-state index is 8.88. The van der Waals surface area contributed by atoms with Gasteiger partial charge in [0.1, 0.15) is 0 Å². The van der Waals surface area contributed by atoms with Crippen LogP contribution < -0.4 is 0 Å². The van der Waals surface area contributed by atoms with E-state index >= 15 is 0 Å². The van der Waals surface area contributed by atoms with Crippen LogP contribution in [0.15, 0.2) is 0 Å². The van der Waals surface area contributed by atoms with E-state index in [2.05, 4.69) is 0 Å². The summed E-state index contributed by atoms with van der Waals surface area (Å²) in [5.74, 6) is 0. The summed E-state index contributed by atoms with van der Waals surface area (Å²) >= 11 is 0. The smallest absolute Gasteiger partial charge is 0.00262 e. The molecule has 0 aliphatic carbocycles. The molecule has 0 spiro atoms. The lowest BCUT2D eigenvalue weighted by Gasteiger charge is -1.87. The Bertz CT molecular complexity index is 58.7. The molecule has 0 radical (unpaired) electrons. The van der Waals surface area contributed by atoms with E-state index in [1.165, 1.54) is 0 Å². The van der Waals surface area contributed by atoms with E-state index in [1.54, 1.807) is 0 Å². The average molecular weight is 73.0 g/mol. The maximum absolute atomic E-state index is 8.88. The Kier molecular flexibility index (Phi) is 1.14. The highest BCUT2D eigenvalue weighted by atomic mass is 16.6. The lowest BCUT2D eigenvalue weighted by molar-refractivity contribution is -0.340. The van der Waals surface area contributed by atoms with Crippen LogP contribution in [-0.2, 0) is 0 Å².